The lowest BCUT2D eigenvalue weighted by molar-refractivity contribution is -0.380. The highest BCUT2D eigenvalue weighted by Crippen LogP contribution is 2.34. The average molecular weight is 306 g/mol. The van der Waals surface area contributed by atoms with Gasteiger partial charge in [0.1, 0.15) is 0 Å². The maximum absolute atomic E-state index is 10.7. The molecule has 0 amide bonds. The highest BCUT2D eigenvalue weighted by molar-refractivity contribution is 7.13. The Hall–Kier alpha value is -2.12. The molecule has 2 heterocycles. The van der Waals surface area contributed by atoms with E-state index in [-0.39, 0.29) is 22.8 Å². The number of nitro groups is 1. The Balaban J connectivity index is 1.63. The second-order valence-corrected chi connectivity index (χ2v) is 5.66. The molecular weight excluding hydrogens is 292 g/mol. The number of rotatable bonds is 5. The van der Waals surface area contributed by atoms with E-state index in [9.17, 15) is 10.1 Å². The van der Waals surface area contributed by atoms with Crippen LogP contribution in [-0.4, -0.2) is 11.7 Å². The summed E-state index contributed by atoms with van der Waals surface area (Å²) in [5.41, 5.74) is 2.00. The molecule has 0 radical (unpaired) electrons. The molecule has 0 saturated carbocycles. The minimum Gasteiger partial charge on any atom is -0.454 e. The van der Waals surface area contributed by atoms with Gasteiger partial charge < -0.3 is 14.8 Å². The van der Waals surface area contributed by atoms with Crippen LogP contribution in [0.2, 0.25) is 0 Å². The first kappa shape index (κ1) is 13.8. The van der Waals surface area contributed by atoms with Crippen LogP contribution in [0.4, 0.5) is 5.00 Å². The van der Waals surface area contributed by atoms with E-state index in [0.717, 1.165) is 34.0 Å². The van der Waals surface area contributed by atoms with Gasteiger partial charge in [-0.15, -0.1) is 0 Å². The van der Waals surface area contributed by atoms with Crippen molar-refractivity contribution in [2.24, 2.45) is 0 Å². The molecule has 1 aromatic carbocycles. The van der Waals surface area contributed by atoms with Gasteiger partial charge in [0, 0.05) is 24.0 Å². The summed E-state index contributed by atoms with van der Waals surface area (Å²) in [6, 6.07) is 7.55. The SMILES string of the molecule is CC(NCc1csc([N+](=O)[O-])c1)c1ccc2c(c1)OCO2. The summed E-state index contributed by atoms with van der Waals surface area (Å²) in [7, 11) is 0. The Labute approximate surface area is 125 Å². The van der Waals surface area contributed by atoms with Crippen LogP contribution in [0.15, 0.2) is 29.6 Å². The van der Waals surface area contributed by atoms with Gasteiger partial charge in [-0.1, -0.05) is 17.4 Å². The van der Waals surface area contributed by atoms with Crippen molar-refractivity contribution < 1.29 is 14.4 Å². The van der Waals surface area contributed by atoms with Crippen molar-refractivity contribution in [3.8, 4) is 11.5 Å². The minimum absolute atomic E-state index is 0.110. The number of benzene rings is 1. The molecule has 0 fully saturated rings. The van der Waals surface area contributed by atoms with Crippen molar-refractivity contribution in [1.82, 2.24) is 5.32 Å². The van der Waals surface area contributed by atoms with Crippen molar-refractivity contribution in [3.05, 3.63) is 50.9 Å². The molecule has 1 aliphatic rings. The fourth-order valence-corrected chi connectivity index (χ4v) is 2.85. The van der Waals surface area contributed by atoms with E-state index >= 15 is 0 Å². The quantitative estimate of drug-likeness (QED) is 0.678. The van der Waals surface area contributed by atoms with Crippen LogP contribution >= 0.6 is 11.3 Å². The number of nitrogens with one attached hydrogen (secondary N) is 1. The molecule has 110 valence electrons. The molecule has 0 aliphatic carbocycles. The third kappa shape index (κ3) is 2.98. The van der Waals surface area contributed by atoms with E-state index < -0.39 is 0 Å². The summed E-state index contributed by atoms with van der Waals surface area (Å²) < 4.78 is 10.6. The van der Waals surface area contributed by atoms with Crippen LogP contribution in [0.1, 0.15) is 24.1 Å². The Morgan fingerprint density at radius 2 is 2.19 bits per heavy atom. The standard InChI is InChI=1S/C14H14N2O4S/c1-9(11-2-3-12-13(5-11)20-8-19-12)15-6-10-4-14(16(17)18)21-7-10/h2-5,7,9,15H,6,8H2,1H3. The summed E-state index contributed by atoms with van der Waals surface area (Å²) in [4.78, 5) is 10.3. The predicted octanol–water partition coefficient (Wildman–Crippen LogP) is 3.24. The molecule has 6 nitrogen and oxygen atoms in total. The third-order valence-electron chi connectivity index (χ3n) is 3.33. The number of thiophene rings is 1. The molecule has 7 heteroatoms. The summed E-state index contributed by atoms with van der Waals surface area (Å²) in [5, 5.41) is 16.0. The monoisotopic (exact) mass is 306 g/mol. The average Bonchev–Trinajstić information content (AvgIpc) is 3.12. The molecule has 1 aromatic heterocycles. The van der Waals surface area contributed by atoms with Gasteiger partial charge in [-0.25, -0.2) is 0 Å². The number of hydrogen-bond acceptors (Lipinski definition) is 6. The fraction of sp³-hybridized carbons (Fsp3) is 0.286. The summed E-state index contributed by atoms with van der Waals surface area (Å²) >= 11 is 1.15. The second-order valence-electron chi connectivity index (χ2n) is 4.77. The largest absolute Gasteiger partial charge is 0.454 e. The maximum atomic E-state index is 10.7. The molecule has 1 N–H and O–H groups in total. The van der Waals surface area contributed by atoms with Crippen LogP contribution in [-0.2, 0) is 6.54 Å². The summed E-state index contributed by atoms with van der Waals surface area (Å²) in [6.45, 7) is 2.89. The fourth-order valence-electron chi connectivity index (χ4n) is 2.12. The number of hydrogen-bond donors (Lipinski definition) is 1. The van der Waals surface area contributed by atoms with Gasteiger partial charge in [0.25, 0.3) is 0 Å². The van der Waals surface area contributed by atoms with Crippen molar-refractivity contribution in [2.75, 3.05) is 6.79 Å². The first-order valence-corrected chi connectivity index (χ1v) is 7.36. The molecule has 1 aliphatic heterocycles. The van der Waals surface area contributed by atoms with Gasteiger partial charge >= 0.3 is 5.00 Å². The topological polar surface area (TPSA) is 73.6 Å². The third-order valence-corrected chi connectivity index (χ3v) is 4.26. The molecule has 1 atom stereocenters. The minimum atomic E-state index is -0.366. The van der Waals surface area contributed by atoms with E-state index in [1.165, 1.54) is 0 Å². The lowest BCUT2D eigenvalue weighted by Crippen LogP contribution is -2.17. The number of fused-ring (bicyclic) bond motifs is 1. The normalized spacial score (nSPS) is 14.1. The number of ether oxygens (including phenoxy) is 2. The first-order valence-electron chi connectivity index (χ1n) is 6.48. The summed E-state index contributed by atoms with van der Waals surface area (Å²) in [6.07, 6.45) is 0. The highest BCUT2D eigenvalue weighted by atomic mass is 32.1. The van der Waals surface area contributed by atoms with Crippen molar-refractivity contribution in [1.29, 1.82) is 0 Å². The first-order chi connectivity index (χ1) is 10.1. The van der Waals surface area contributed by atoms with E-state index in [1.807, 2.05) is 25.1 Å². The lowest BCUT2D eigenvalue weighted by atomic mass is 10.1. The Kier molecular flexibility index (Phi) is 3.76. The zero-order valence-electron chi connectivity index (χ0n) is 11.4. The maximum Gasteiger partial charge on any atom is 0.324 e. The smallest absolute Gasteiger partial charge is 0.324 e. The van der Waals surface area contributed by atoms with Gasteiger partial charge in [0.05, 0.1) is 4.92 Å². The highest BCUT2D eigenvalue weighted by Gasteiger charge is 2.16. The molecule has 0 bridgehead atoms. The van der Waals surface area contributed by atoms with E-state index in [2.05, 4.69) is 5.32 Å². The van der Waals surface area contributed by atoms with Crippen molar-refractivity contribution >= 4 is 16.3 Å². The zero-order chi connectivity index (χ0) is 14.8. The van der Waals surface area contributed by atoms with Crippen molar-refractivity contribution in [3.63, 3.8) is 0 Å². The van der Waals surface area contributed by atoms with E-state index in [1.54, 1.807) is 11.4 Å². The molecule has 2 aromatic rings. The Morgan fingerprint density at radius 3 is 2.95 bits per heavy atom. The summed E-state index contributed by atoms with van der Waals surface area (Å²) in [5.74, 6) is 1.52. The van der Waals surface area contributed by atoms with Crippen molar-refractivity contribution in [2.45, 2.75) is 19.5 Å². The molecule has 1 unspecified atom stereocenters. The van der Waals surface area contributed by atoms with Gasteiger partial charge in [-0.05, 0) is 30.2 Å². The van der Waals surface area contributed by atoms with Gasteiger partial charge in [-0.3, -0.25) is 10.1 Å². The molecule has 0 spiro atoms. The number of nitrogens with zero attached hydrogens (tertiary/aromatic N) is 1. The van der Waals surface area contributed by atoms with Crippen LogP contribution < -0.4 is 14.8 Å². The molecule has 3 rings (SSSR count). The molecule has 21 heavy (non-hydrogen) atoms. The van der Waals surface area contributed by atoms with Crippen LogP contribution in [0.5, 0.6) is 11.5 Å². The predicted molar refractivity (Wildman–Crippen MR) is 78.8 cm³/mol. The van der Waals surface area contributed by atoms with Crippen LogP contribution in [0.25, 0.3) is 0 Å². The Bertz CT molecular complexity index is 671. The molecular formula is C14H14N2O4S. The van der Waals surface area contributed by atoms with Gasteiger partial charge in [0.15, 0.2) is 11.5 Å². The van der Waals surface area contributed by atoms with E-state index in [0.29, 0.717) is 6.54 Å². The lowest BCUT2D eigenvalue weighted by Gasteiger charge is -2.14. The van der Waals surface area contributed by atoms with Crippen LogP contribution in [0, 0.1) is 10.1 Å². The zero-order valence-corrected chi connectivity index (χ0v) is 12.2. The van der Waals surface area contributed by atoms with E-state index in [4.69, 9.17) is 9.47 Å². The van der Waals surface area contributed by atoms with Gasteiger partial charge in [0.2, 0.25) is 6.79 Å². The second kappa shape index (κ2) is 5.71. The molecule has 0 saturated heterocycles. The Morgan fingerprint density at radius 1 is 1.38 bits per heavy atom. The van der Waals surface area contributed by atoms with Crippen LogP contribution in [0.3, 0.4) is 0 Å². The van der Waals surface area contributed by atoms with Gasteiger partial charge in [-0.2, -0.15) is 0 Å².